The van der Waals surface area contributed by atoms with Crippen LogP contribution >= 0.6 is 0 Å². The molecule has 0 fully saturated rings. The van der Waals surface area contributed by atoms with Crippen molar-refractivity contribution in [3.8, 4) is 0 Å². The number of rotatable bonds is 8. The van der Waals surface area contributed by atoms with Gasteiger partial charge in [0.05, 0.1) is 5.41 Å². The van der Waals surface area contributed by atoms with Crippen LogP contribution in [0.25, 0.3) is 0 Å². The quantitative estimate of drug-likeness (QED) is 0.717. The topological polar surface area (TPSA) is 37.3 Å². The lowest BCUT2D eigenvalue weighted by atomic mass is 9.67. The first-order valence-corrected chi connectivity index (χ1v) is 8.80. The smallest absolute Gasteiger partial charge is 0.314 e. The standard InChI is InChI=1S/C21H28O2/c1-3-5-15-21(20(22)23)16-9-8-12-19(21)14-13-18-11-7-6-10-17(18)4-2/h6-12,16,19H,3-5,13-15H2,1-2H3,(H,22,23). The van der Waals surface area contributed by atoms with E-state index in [1.54, 1.807) is 0 Å². The lowest BCUT2D eigenvalue weighted by Crippen LogP contribution is -2.37. The van der Waals surface area contributed by atoms with Crippen LogP contribution in [0.2, 0.25) is 0 Å². The first-order valence-electron chi connectivity index (χ1n) is 8.80. The van der Waals surface area contributed by atoms with Crippen LogP contribution in [-0.4, -0.2) is 11.1 Å². The highest BCUT2D eigenvalue weighted by atomic mass is 16.4. The molecule has 0 amide bonds. The molecule has 1 N–H and O–H groups in total. The molecule has 1 aliphatic rings. The molecular weight excluding hydrogens is 284 g/mol. The molecule has 0 bridgehead atoms. The van der Waals surface area contributed by atoms with Gasteiger partial charge < -0.3 is 5.11 Å². The zero-order valence-electron chi connectivity index (χ0n) is 14.3. The number of carboxylic acid groups (broad SMARTS) is 1. The molecule has 0 aliphatic heterocycles. The van der Waals surface area contributed by atoms with Gasteiger partial charge in [0.1, 0.15) is 0 Å². The van der Waals surface area contributed by atoms with Crippen molar-refractivity contribution in [2.24, 2.45) is 11.3 Å². The van der Waals surface area contributed by atoms with E-state index in [9.17, 15) is 9.90 Å². The predicted octanol–water partition coefficient (Wildman–Crippen LogP) is 5.19. The van der Waals surface area contributed by atoms with Crippen molar-refractivity contribution in [1.82, 2.24) is 0 Å². The summed E-state index contributed by atoms with van der Waals surface area (Å²) in [5.41, 5.74) is 2.00. The molecule has 23 heavy (non-hydrogen) atoms. The molecule has 0 radical (unpaired) electrons. The van der Waals surface area contributed by atoms with Gasteiger partial charge in [-0.3, -0.25) is 4.79 Å². The molecule has 2 unspecified atom stereocenters. The van der Waals surface area contributed by atoms with Crippen LogP contribution in [0.15, 0.2) is 48.6 Å². The van der Waals surface area contributed by atoms with Crippen LogP contribution in [0.1, 0.15) is 50.7 Å². The summed E-state index contributed by atoms with van der Waals surface area (Å²) in [6, 6.07) is 8.50. The molecule has 2 atom stereocenters. The number of benzene rings is 1. The zero-order valence-corrected chi connectivity index (χ0v) is 14.3. The number of carboxylic acids is 1. The van der Waals surface area contributed by atoms with E-state index in [0.717, 1.165) is 38.5 Å². The minimum absolute atomic E-state index is 0.0708. The third kappa shape index (κ3) is 3.93. The molecule has 0 aromatic heterocycles. The Balaban J connectivity index is 2.17. The van der Waals surface area contributed by atoms with E-state index < -0.39 is 11.4 Å². The van der Waals surface area contributed by atoms with Crippen LogP contribution in [-0.2, 0) is 17.6 Å². The Bertz CT molecular complexity index is 585. The van der Waals surface area contributed by atoms with Crippen molar-refractivity contribution in [3.05, 3.63) is 59.7 Å². The van der Waals surface area contributed by atoms with Crippen LogP contribution in [0.5, 0.6) is 0 Å². The molecular formula is C21H28O2. The summed E-state index contributed by atoms with van der Waals surface area (Å²) >= 11 is 0. The molecule has 2 nitrogen and oxygen atoms in total. The summed E-state index contributed by atoms with van der Waals surface area (Å²) in [7, 11) is 0. The van der Waals surface area contributed by atoms with Gasteiger partial charge in [0.15, 0.2) is 0 Å². The molecule has 2 heteroatoms. The predicted molar refractivity (Wildman–Crippen MR) is 95.5 cm³/mol. The molecule has 1 aliphatic carbocycles. The Kier molecular flexibility index (Phi) is 6.20. The van der Waals surface area contributed by atoms with Gasteiger partial charge in [-0.25, -0.2) is 0 Å². The number of allylic oxidation sites excluding steroid dienone is 3. The molecule has 0 saturated heterocycles. The average molecular weight is 312 g/mol. The number of hydrogen-bond acceptors (Lipinski definition) is 1. The Morgan fingerprint density at radius 2 is 1.91 bits per heavy atom. The summed E-state index contributed by atoms with van der Waals surface area (Å²) < 4.78 is 0. The van der Waals surface area contributed by atoms with Gasteiger partial charge in [-0.2, -0.15) is 0 Å². The number of hydrogen-bond donors (Lipinski definition) is 1. The minimum Gasteiger partial charge on any atom is -0.481 e. The van der Waals surface area contributed by atoms with Gasteiger partial charge in [-0.15, -0.1) is 0 Å². The highest BCUT2D eigenvalue weighted by Gasteiger charge is 2.42. The second-order valence-electron chi connectivity index (χ2n) is 6.46. The SMILES string of the molecule is CCCCC1(C(=O)O)C=CC=CC1CCc1ccccc1CC. The van der Waals surface area contributed by atoms with Crippen molar-refractivity contribution >= 4 is 5.97 Å². The Morgan fingerprint density at radius 3 is 2.57 bits per heavy atom. The average Bonchev–Trinajstić information content (AvgIpc) is 2.58. The maximum atomic E-state index is 12.0. The van der Waals surface area contributed by atoms with Crippen LogP contribution < -0.4 is 0 Å². The van der Waals surface area contributed by atoms with Crippen LogP contribution in [0, 0.1) is 11.3 Å². The van der Waals surface area contributed by atoms with Crippen molar-refractivity contribution < 1.29 is 9.90 Å². The van der Waals surface area contributed by atoms with Crippen LogP contribution in [0.4, 0.5) is 0 Å². The lowest BCUT2D eigenvalue weighted by Gasteiger charge is -2.35. The van der Waals surface area contributed by atoms with E-state index in [2.05, 4.69) is 44.2 Å². The largest absolute Gasteiger partial charge is 0.481 e. The van der Waals surface area contributed by atoms with Crippen molar-refractivity contribution in [2.45, 2.75) is 52.4 Å². The number of aryl methyl sites for hydroxylation is 2. The lowest BCUT2D eigenvalue weighted by molar-refractivity contribution is -0.148. The van der Waals surface area contributed by atoms with E-state index in [0.29, 0.717) is 0 Å². The Hall–Kier alpha value is -1.83. The maximum Gasteiger partial charge on any atom is 0.314 e. The summed E-state index contributed by atoms with van der Waals surface area (Å²) in [5.74, 6) is -0.609. The highest BCUT2D eigenvalue weighted by Crippen LogP contribution is 2.41. The van der Waals surface area contributed by atoms with Crippen molar-refractivity contribution in [2.75, 3.05) is 0 Å². The summed E-state index contributed by atoms with van der Waals surface area (Å²) in [5, 5.41) is 9.90. The molecule has 0 saturated carbocycles. The molecule has 1 aromatic rings. The first-order chi connectivity index (χ1) is 11.1. The van der Waals surface area contributed by atoms with Gasteiger partial charge >= 0.3 is 5.97 Å². The normalized spacial score (nSPS) is 23.1. The third-order valence-corrected chi connectivity index (χ3v) is 5.08. The second-order valence-corrected chi connectivity index (χ2v) is 6.46. The molecule has 0 heterocycles. The molecule has 0 spiro atoms. The maximum absolute atomic E-state index is 12.0. The summed E-state index contributed by atoms with van der Waals surface area (Å²) in [6.07, 6.45) is 13.5. The zero-order chi connectivity index (χ0) is 16.7. The fourth-order valence-corrected chi connectivity index (χ4v) is 3.61. The van der Waals surface area contributed by atoms with Gasteiger partial charge in [0, 0.05) is 0 Å². The first kappa shape index (κ1) is 17.5. The van der Waals surface area contributed by atoms with E-state index in [4.69, 9.17) is 0 Å². The van der Waals surface area contributed by atoms with E-state index in [1.807, 2.05) is 18.2 Å². The number of unbranched alkanes of at least 4 members (excludes halogenated alkanes) is 1. The Morgan fingerprint density at radius 1 is 1.17 bits per heavy atom. The number of carbonyl (C=O) groups is 1. The summed E-state index contributed by atoms with van der Waals surface area (Å²) in [6.45, 7) is 4.29. The monoisotopic (exact) mass is 312 g/mol. The fraction of sp³-hybridized carbons (Fsp3) is 0.476. The third-order valence-electron chi connectivity index (χ3n) is 5.08. The van der Waals surface area contributed by atoms with E-state index >= 15 is 0 Å². The second kappa shape index (κ2) is 8.14. The van der Waals surface area contributed by atoms with E-state index in [-0.39, 0.29) is 5.92 Å². The molecule has 1 aromatic carbocycles. The highest BCUT2D eigenvalue weighted by molar-refractivity contribution is 5.78. The molecule has 124 valence electrons. The van der Waals surface area contributed by atoms with Crippen molar-refractivity contribution in [3.63, 3.8) is 0 Å². The van der Waals surface area contributed by atoms with E-state index in [1.165, 1.54) is 11.1 Å². The van der Waals surface area contributed by atoms with Gasteiger partial charge in [0.25, 0.3) is 0 Å². The Labute approximate surface area is 139 Å². The molecule has 2 rings (SSSR count). The number of aliphatic carboxylic acids is 1. The van der Waals surface area contributed by atoms with Crippen LogP contribution in [0.3, 0.4) is 0 Å². The van der Waals surface area contributed by atoms with Gasteiger partial charge in [-0.05, 0) is 42.7 Å². The summed E-state index contributed by atoms with van der Waals surface area (Å²) in [4.78, 5) is 12.0. The fourth-order valence-electron chi connectivity index (χ4n) is 3.61. The van der Waals surface area contributed by atoms with Gasteiger partial charge in [0.2, 0.25) is 0 Å². The minimum atomic E-state index is -0.730. The van der Waals surface area contributed by atoms with Gasteiger partial charge in [-0.1, -0.05) is 75.3 Å². The van der Waals surface area contributed by atoms with Crippen molar-refractivity contribution in [1.29, 1.82) is 0 Å².